The van der Waals surface area contributed by atoms with E-state index in [1.54, 1.807) is 12.3 Å². The Kier molecular flexibility index (Phi) is 8.97. The van der Waals surface area contributed by atoms with Gasteiger partial charge in [0.25, 0.3) is 0 Å². The van der Waals surface area contributed by atoms with Crippen molar-refractivity contribution in [2.24, 2.45) is 5.10 Å². The van der Waals surface area contributed by atoms with Crippen LogP contribution in [0.2, 0.25) is 0 Å². The molecule has 0 saturated heterocycles. The van der Waals surface area contributed by atoms with Gasteiger partial charge in [-0.3, -0.25) is 5.43 Å². The van der Waals surface area contributed by atoms with Gasteiger partial charge >= 0.3 is 0 Å². The molecule has 2 aromatic rings. The largest absolute Gasteiger partial charge is 0.490 e. The van der Waals surface area contributed by atoms with Gasteiger partial charge in [-0.15, -0.1) is 6.58 Å². The van der Waals surface area contributed by atoms with Crippen LogP contribution in [0.5, 0.6) is 11.5 Å². The molecule has 0 saturated carbocycles. The van der Waals surface area contributed by atoms with Gasteiger partial charge in [0.1, 0.15) is 24.7 Å². The number of halogens is 1. The molecule has 0 spiro atoms. The number of aryl methyl sites for hydroxylation is 2. The summed E-state index contributed by atoms with van der Waals surface area (Å²) in [6.45, 7) is 9.21. The number of hydrogen-bond donors (Lipinski definition) is 2. The summed E-state index contributed by atoms with van der Waals surface area (Å²) < 4.78 is 12.6. The first-order valence-corrected chi connectivity index (χ1v) is 10.00. The van der Waals surface area contributed by atoms with Crippen molar-refractivity contribution >= 4 is 39.5 Å². The minimum Gasteiger partial charge on any atom is -0.490 e. The Labute approximate surface area is 180 Å². The van der Waals surface area contributed by atoms with Crippen LogP contribution in [0.15, 0.2) is 58.6 Å². The summed E-state index contributed by atoms with van der Waals surface area (Å²) in [5.41, 5.74) is 6.03. The molecule has 0 unspecified atom stereocenters. The van der Waals surface area contributed by atoms with Crippen LogP contribution in [0, 0.1) is 13.8 Å². The van der Waals surface area contributed by atoms with Gasteiger partial charge in [-0.2, -0.15) is 5.10 Å². The van der Waals surface area contributed by atoms with Gasteiger partial charge in [-0.25, -0.2) is 0 Å². The average Bonchev–Trinajstić information content (AvgIpc) is 2.67. The van der Waals surface area contributed by atoms with Gasteiger partial charge in [0.05, 0.1) is 6.21 Å². The van der Waals surface area contributed by atoms with Gasteiger partial charge in [-0.05, 0) is 67.5 Å². The van der Waals surface area contributed by atoms with E-state index in [2.05, 4.69) is 58.3 Å². The molecule has 2 rings (SSSR count). The fourth-order valence-electron chi connectivity index (χ4n) is 2.23. The van der Waals surface area contributed by atoms with E-state index in [1.807, 2.05) is 30.3 Å². The summed E-state index contributed by atoms with van der Waals surface area (Å²) in [4.78, 5) is 0. The van der Waals surface area contributed by atoms with Crippen LogP contribution in [-0.4, -0.2) is 31.1 Å². The molecule has 0 aliphatic carbocycles. The number of hydrogen-bond acceptors (Lipinski definition) is 4. The Balaban J connectivity index is 1.89. The fourth-order valence-corrected chi connectivity index (χ4v) is 2.75. The van der Waals surface area contributed by atoms with Crippen molar-refractivity contribution in [3.63, 3.8) is 0 Å². The molecule has 0 bridgehead atoms. The normalized spacial score (nSPS) is 10.5. The second-order valence-corrected chi connectivity index (χ2v) is 7.32. The van der Waals surface area contributed by atoms with Crippen molar-refractivity contribution < 1.29 is 9.47 Å². The summed E-state index contributed by atoms with van der Waals surface area (Å²) in [5, 5.41) is 7.51. The monoisotopic (exact) mass is 461 g/mol. The molecule has 2 N–H and O–H groups in total. The van der Waals surface area contributed by atoms with Gasteiger partial charge in [-0.1, -0.05) is 28.1 Å². The highest BCUT2D eigenvalue weighted by Gasteiger charge is 2.04. The van der Waals surface area contributed by atoms with E-state index in [0.717, 1.165) is 15.8 Å². The van der Waals surface area contributed by atoms with Crippen molar-refractivity contribution in [2.75, 3.05) is 19.8 Å². The lowest BCUT2D eigenvalue weighted by Crippen LogP contribution is -2.31. The number of thiocarbonyl (C=S) groups is 1. The van der Waals surface area contributed by atoms with Crippen molar-refractivity contribution in [3.8, 4) is 11.5 Å². The molecule has 0 aromatic heterocycles. The van der Waals surface area contributed by atoms with Crippen molar-refractivity contribution in [2.45, 2.75) is 13.8 Å². The predicted molar refractivity (Wildman–Crippen MR) is 123 cm³/mol. The molecule has 7 heteroatoms. The average molecular weight is 462 g/mol. The Morgan fingerprint density at radius 3 is 2.68 bits per heavy atom. The molecule has 0 aliphatic heterocycles. The van der Waals surface area contributed by atoms with Gasteiger partial charge < -0.3 is 14.8 Å². The zero-order valence-corrected chi connectivity index (χ0v) is 18.4. The standard InChI is InChI=1S/C21H24BrN3O2S/c1-4-9-23-21(28)25-24-14-17-13-18(22)6-8-20(17)27-11-10-26-19-7-5-15(2)16(3)12-19/h4-8,12-14H,1,9-11H2,2-3H3,(H2,23,25,28)/b24-14-. The van der Waals surface area contributed by atoms with Crippen LogP contribution in [0.1, 0.15) is 16.7 Å². The SMILES string of the molecule is C=CCNC(=S)N/N=C\c1cc(Br)ccc1OCCOc1ccc(C)c(C)c1. The lowest BCUT2D eigenvalue weighted by molar-refractivity contribution is 0.217. The second-order valence-electron chi connectivity index (χ2n) is 5.99. The summed E-state index contributed by atoms with van der Waals surface area (Å²) in [7, 11) is 0. The molecule has 0 atom stereocenters. The van der Waals surface area contributed by atoms with E-state index in [1.165, 1.54) is 11.1 Å². The van der Waals surface area contributed by atoms with E-state index in [0.29, 0.717) is 30.6 Å². The Bertz CT molecular complexity index is 856. The lowest BCUT2D eigenvalue weighted by atomic mass is 10.1. The van der Waals surface area contributed by atoms with Crippen LogP contribution in [0.4, 0.5) is 0 Å². The van der Waals surface area contributed by atoms with Gasteiger partial charge in [0, 0.05) is 16.6 Å². The van der Waals surface area contributed by atoms with Gasteiger partial charge in [0.2, 0.25) is 0 Å². The minimum atomic E-state index is 0.419. The zero-order chi connectivity index (χ0) is 20.4. The first-order valence-electron chi connectivity index (χ1n) is 8.80. The van der Waals surface area contributed by atoms with E-state index < -0.39 is 0 Å². The third-order valence-electron chi connectivity index (χ3n) is 3.84. The highest BCUT2D eigenvalue weighted by molar-refractivity contribution is 9.10. The number of benzene rings is 2. The first-order chi connectivity index (χ1) is 13.5. The highest BCUT2D eigenvalue weighted by Crippen LogP contribution is 2.22. The van der Waals surface area contributed by atoms with E-state index >= 15 is 0 Å². The Morgan fingerprint density at radius 1 is 1.14 bits per heavy atom. The third-order valence-corrected chi connectivity index (χ3v) is 4.57. The van der Waals surface area contributed by atoms with Crippen LogP contribution >= 0.6 is 28.1 Å². The van der Waals surface area contributed by atoms with E-state index in [-0.39, 0.29) is 0 Å². The summed E-state index contributed by atoms with van der Waals surface area (Å²) in [5.74, 6) is 1.55. The zero-order valence-electron chi connectivity index (χ0n) is 16.0. The number of ether oxygens (including phenoxy) is 2. The number of nitrogens with one attached hydrogen (secondary N) is 2. The van der Waals surface area contributed by atoms with Crippen molar-refractivity contribution in [3.05, 3.63) is 70.2 Å². The highest BCUT2D eigenvalue weighted by atomic mass is 79.9. The van der Waals surface area contributed by atoms with Crippen LogP contribution in [-0.2, 0) is 0 Å². The van der Waals surface area contributed by atoms with Crippen molar-refractivity contribution in [1.29, 1.82) is 0 Å². The number of rotatable bonds is 9. The topological polar surface area (TPSA) is 54.9 Å². The summed E-state index contributed by atoms with van der Waals surface area (Å²) >= 11 is 8.57. The molecule has 0 radical (unpaired) electrons. The smallest absolute Gasteiger partial charge is 0.187 e. The van der Waals surface area contributed by atoms with E-state index in [9.17, 15) is 0 Å². The van der Waals surface area contributed by atoms with Crippen LogP contribution in [0.3, 0.4) is 0 Å². The fraction of sp³-hybridized carbons (Fsp3) is 0.238. The molecule has 2 aromatic carbocycles. The Morgan fingerprint density at radius 2 is 1.93 bits per heavy atom. The van der Waals surface area contributed by atoms with Gasteiger partial charge in [0.15, 0.2) is 5.11 Å². The van der Waals surface area contributed by atoms with Crippen molar-refractivity contribution in [1.82, 2.24) is 10.7 Å². The second kappa shape index (κ2) is 11.5. The van der Waals surface area contributed by atoms with Crippen LogP contribution < -0.4 is 20.2 Å². The third kappa shape index (κ3) is 7.32. The molecule has 0 heterocycles. The molecular weight excluding hydrogens is 438 g/mol. The quantitative estimate of drug-likeness (QED) is 0.189. The maximum absolute atomic E-state index is 5.86. The molecule has 0 aliphatic rings. The Hall–Kier alpha value is -2.38. The lowest BCUT2D eigenvalue weighted by Gasteiger charge is -2.11. The molecule has 0 amide bonds. The van der Waals surface area contributed by atoms with Crippen LogP contribution in [0.25, 0.3) is 0 Å². The molecule has 0 fully saturated rings. The first kappa shape index (κ1) is 21.9. The van der Waals surface area contributed by atoms with E-state index in [4.69, 9.17) is 21.7 Å². The summed E-state index contributed by atoms with van der Waals surface area (Å²) in [6.07, 6.45) is 3.38. The maximum atomic E-state index is 5.86. The number of hydrazone groups is 1. The minimum absolute atomic E-state index is 0.419. The predicted octanol–water partition coefficient (Wildman–Crippen LogP) is 4.51. The summed E-state index contributed by atoms with van der Waals surface area (Å²) in [6, 6.07) is 11.8. The molecule has 5 nitrogen and oxygen atoms in total. The number of nitrogens with zero attached hydrogens (tertiary/aromatic N) is 1. The molecular formula is C21H24BrN3O2S. The molecule has 28 heavy (non-hydrogen) atoms. The maximum Gasteiger partial charge on any atom is 0.187 e. The molecule has 148 valence electrons.